The van der Waals surface area contributed by atoms with Crippen molar-refractivity contribution in [2.75, 3.05) is 7.11 Å². The van der Waals surface area contributed by atoms with Gasteiger partial charge < -0.3 is 4.74 Å². The summed E-state index contributed by atoms with van der Waals surface area (Å²) >= 11 is 12.3. The molecule has 1 atom stereocenters. The van der Waals surface area contributed by atoms with Crippen LogP contribution in [0.5, 0.6) is 0 Å². The van der Waals surface area contributed by atoms with Gasteiger partial charge in [-0.3, -0.25) is 4.99 Å². The largest absolute Gasteiger partial charge is 0.467 e. The van der Waals surface area contributed by atoms with Crippen LogP contribution in [0.25, 0.3) is 33.8 Å². The number of carbonyl (C=O) groups excluding carboxylic acids is 1. The Morgan fingerprint density at radius 3 is 1.91 bits per heavy atom. The van der Waals surface area contributed by atoms with E-state index in [-0.39, 0.29) is 21.9 Å². The van der Waals surface area contributed by atoms with E-state index in [1.165, 1.54) is 6.20 Å². The van der Waals surface area contributed by atoms with E-state index in [1.807, 2.05) is 48.5 Å². The fraction of sp³-hybridized carbons (Fsp3) is 0.0606. The Balaban J connectivity index is 1.74. The Kier molecular flexibility index (Phi) is 7.52. The molecule has 5 aromatic rings. The highest BCUT2D eigenvalue weighted by atomic mass is 35.5. The SMILES string of the molecule is COC(=O)C1(S(=O)(=O)c2c(-c3ccc(Cl)cc3)nn(-c3ccccc3)c2-c2ccccc2)C=NC=C1c1ccc(Cl)cc1. The number of para-hydroxylation sites is 1. The lowest BCUT2D eigenvalue weighted by atomic mass is 9.94. The summed E-state index contributed by atoms with van der Waals surface area (Å²) in [6.45, 7) is 0. The minimum atomic E-state index is -4.72. The number of benzene rings is 4. The first-order valence-corrected chi connectivity index (χ1v) is 15.4. The third-order valence-electron chi connectivity index (χ3n) is 7.20. The molecule has 1 aliphatic heterocycles. The van der Waals surface area contributed by atoms with E-state index in [0.717, 1.165) is 13.3 Å². The van der Waals surface area contributed by atoms with Gasteiger partial charge in [-0.25, -0.2) is 17.9 Å². The third kappa shape index (κ3) is 4.77. The molecule has 214 valence electrons. The third-order valence-corrected chi connectivity index (χ3v) is 9.97. The van der Waals surface area contributed by atoms with Crippen molar-refractivity contribution in [2.45, 2.75) is 9.64 Å². The summed E-state index contributed by atoms with van der Waals surface area (Å²) in [4.78, 5) is 17.9. The van der Waals surface area contributed by atoms with Crippen LogP contribution in [0.3, 0.4) is 0 Å². The summed E-state index contributed by atoms with van der Waals surface area (Å²) in [7, 11) is -3.57. The number of hydrogen-bond acceptors (Lipinski definition) is 6. The van der Waals surface area contributed by atoms with Crippen molar-refractivity contribution in [3.8, 4) is 28.2 Å². The highest BCUT2D eigenvalue weighted by Gasteiger charge is 2.58. The van der Waals surface area contributed by atoms with E-state index in [9.17, 15) is 4.79 Å². The van der Waals surface area contributed by atoms with Crippen molar-refractivity contribution in [1.29, 1.82) is 0 Å². The molecule has 1 aromatic heterocycles. The molecule has 43 heavy (non-hydrogen) atoms. The second-order valence-electron chi connectivity index (χ2n) is 9.71. The smallest absolute Gasteiger partial charge is 0.337 e. The molecule has 0 bridgehead atoms. The zero-order valence-corrected chi connectivity index (χ0v) is 25.0. The minimum Gasteiger partial charge on any atom is -0.467 e. The van der Waals surface area contributed by atoms with Crippen LogP contribution >= 0.6 is 23.2 Å². The standard InChI is InChI=1S/C33H23Cl2N3O4S/c1-42-32(39)33(21-36-20-28(33)22-12-16-25(34)17-13-22)43(40,41)31-29(23-14-18-26(35)19-15-23)37-38(27-10-6-3-7-11-27)30(31)24-8-4-2-5-9-24/h2-21H,1H3. The van der Waals surface area contributed by atoms with Crippen molar-refractivity contribution < 1.29 is 17.9 Å². The maximum Gasteiger partial charge on any atom is 0.337 e. The van der Waals surface area contributed by atoms with Crippen molar-refractivity contribution in [2.24, 2.45) is 4.99 Å². The summed E-state index contributed by atoms with van der Waals surface area (Å²) in [5.41, 5.74) is 2.67. The predicted molar refractivity (Wildman–Crippen MR) is 169 cm³/mol. The van der Waals surface area contributed by atoms with Crippen LogP contribution in [0.2, 0.25) is 10.0 Å². The quantitative estimate of drug-likeness (QED) is 0.176. The van der Waals surface area contributed by atoms with Gasteiger partial charge in [-0.2, -0.15) is 5.10 Å². The zero-order chi connectivity index (χ0) is 30.2. The number of aliphatic imine (C=N–C) groups is 1. The van der Waals surface area contributed by atoms with Crippen LogP contribution in [-0.2, 0) is 19.4 Å². The Labute approximate surface area is 258 Å². The maximum atomic E-state index is 15.4. The molecular formula is C33H23Cl2N3O4S. The molecule has 10 heteroatoms. The maximum absolute atomic E-state index is 15.4. The molecule has 0 aliphatic carbocycles. The number of sulfone groups is 1. The fourth-order valence-corrected chi connectivity index (χ4v) is 7.57. The lowest BCUT2D eigenvalue weighted by Gasteiger charge is -2.27. The van der Waals surface area contributed by atoms with E-state index in [1.54, 1.807) is 65.3 Å². The normalized spacial score (nSPS) is 16.2. The van der Waals surface area contributed by atoms with Crippen LogP contribution in [0.1, 0.15) is 5.56 Å². The highest BCUT2D eigenvalue weighted by molar-refractivity contribution is 7.95. The molecule has 0 N–H and O–H groups in total. The zero-order valence-electron chi connectivity index (χ0n) is 22.7. The lowest BCUT2D eigenvalue weighted by molar-refractivity contribution is -0.140. The van der Waals surface area contributed by atoms with Crippen molar-refractivity contribution >= 4 is 50.8 Å². The Bertz CT molecular complexity index is 1990. The first kappa shape index (κ1) is 28.6. The Hall–Kier alpha value is -4.50. The number of halogens is 2. The number of carbonyl (C=O) groups is 1. The number of aromatic nitrogens is 2. The molecule has 0 spiro atoms. The van der Waals surface area contributed by atoms with Crippen LogP contribution in [0.4, 0.5) is 0 Å². The Morgan fingerprint density at radius 2 is 1.33 bits per heavy atom. The summed E-state index contributed by atoms with van der Waals surface area (Å²) in [6, 6.07) is 31.4. The molecule has 0 saturated heterocycles. The molecule has 1 aliphatic rings. The predicted octanol–water partition coefficient (Wildman–Crippen LogP) is 7.32. The van der Waals surface area contributed by atoms with Gasteiger partial charge in [-0.1, -0.05) is 96.0 Å². The number of methoxy groups -OCH3 is 1. The number of nitrogens with zero attached hydrogens (tertiary/aromatic N) is 3. The minimum absolute atomic E-state index is 0.129. The van der Waals surface area contributed by atoms with E-state index in [0.29, 0.717) is 32.4 Å². The van der Waals surface area contributed by atoms with Crippen molar-refractivity contribution in [3.63, 3.8) is 0 Å². The van der Waals surface area contributed by atoms with Gasteiger partial charge >= 0.3 is 5.97 Å². The van der Waals surface area contributed by atoms with E-state index < -0.39 is 20.6 Å². The number of hydrogen-bond donors (Lipinski definition) is 0. The Morgan fingerprint density at radius 1 is 0.767 bits per heavy atom. The van der Waals surface area contributed by atoms with Crippen LogP contribution in [0.15, 0.2) is 125 Å². The molecule has 0 radical (unpaired) electrons. The van der Waals surface area contributed by atoms with Crippen molar-refractivity contribution in [3.05, 3.63) is 131 Å². The highest BCUT2D eigenvalue weighted by Crippen LogP contribution is 2.47. The first-order chi connectivity index (χ1) is 20.8. The van der Waals surface area contributed by atoms with Gasteiger partial charge in [0.15, 0.2) is 0 Å². The van der Waals surface area contributed by atoms with Crippen molar-refractivity contribution in [1.82, 2.24) is 9.78 Å². The van der Waals surface area contributed by atoms with Crippen LogP contribution in [-0.4, -0.2) is 42.2 Å². The second-order valence-corrected chi connectivity index (χ2v) is 12.6. The van der Waals surface area contributed by atoms with Gasteiger partial charge in [0.1, 0.15) is 10.6 Å². The first-order valence-electron chi connectivity index (χ1n) is 13.1. The molecule has 0 saturated carbocycles. The molecule has 7 nitrogen and oxygen atoms in total. The molecule has 0 fully saturated rings. The molecule has 4 aromatic carbocycles. The van der Waals surface area contributed by atoms with Gasteiger partial charge in [0, 0.05) is 39.2 Å². The molecule has 0 amide bonds. The van der Waals surface area contributed by atoms with E-state index >= 15 is 8.42 Å². The molecule has 1 unspecified atom stereocenters. The molecule has 6 rings (SSSR count). The summed E-state index contributed by atoms with van der Waals surface area (Å²) in [5.74, 6) is -1.01. The summed E-state index contributed by atoms with van der Waals surface area (Å²) < 4.78 is 35.2. The summed E-state index contributed by atoms with van der Waals surface area (Å²) in [6.07, 6.45) is 2.49. The van der Waals surface area contributed by atoms with E-state index in [4.69, 9.17) is 33.0 Å². The monoisotopic (exact) mass is 627 g/mol. The second kappa shape index (κ2) is 11.3. The van der Waals surface area contributed by atoms with Gasteiger partial charge in [0.05, 0.1) is 18.5 Å². The average molecular weight is 629 g/mol. The van der Waals surface area contributed by atoms with Gasteiger partial charge in [-0.05, 0) is 42.0 Å². The van der Waals surface area contributed by atoms with Gasteiger partial charge in [-0.15, -0.1) is 0 Å². The topological polar surface area (TPSA) is 90.6 Å². The van der Waals surface area contributed by atoms with Crippen LogP contribution < -0.4 is 0 Å². The molecule has 2 heterocycles. The average Bonchev–Trinajstić information content (AvgIpc) is 3.67. The number of ether oxygens (including phenoxy) is 1. The van der Waals surface area contributed by atoms with Gasteiger partial charge in [0.25, 0.3) is 0 Å². The van der Waals surface area contributed by atoms with E-state index in [2.05, 4.69) is 4.99 Å². The summed E-state index contributed by atoms with van der Waals surface area (Å²) in [5, 5.41) is 5.81. The van der Waals surface area contributed by atoms with Crippen LogP contribution in [0, 0.1) is 0 Å². The molecular weight excluding hydrogens is 605 g/mol. The van der Waals surface area contributed by atoms with Gasteiger partial charge in [0.2, 0.25) is 14.6 Å². The number of esters is 1. The number of rotatable bonds is 7. The fourth-order valence-electron chi connectivity index (χ4n) is 5.16. The lowest BCUT2D eigenvalue weighted by Crippen LogP contribution is -2.48.